The van der Waals surface area contributed by atoms with Crippen molar-refractivity contribution in [3.05, 3.63) is 89.9 Å². The number of benzene rings is 4. The van der Waals surface area contributed by atoms with Gasteiger partial charge in [0.05, 0.1) is 46.9 Å². The van der Waals surface area contributed by atoms with Gasteiger partial charge in [-0.1, -0.05) is 0 Å². The van der Waals surface area contributed by atoms with Crippen LogP contribution in [0.4, 0.5) is 11.4 Å². The first-order chi connectivity index (χ1) is 19.7. The molecule has 0 spiro atoms. The molecule has 0 aliphatic heterocycles. The van der Waals surface area contributed by atoms with E-state index in [0.29, 0.717) is 33.9 Å². The maximum Gasteiger partial charge on any atom is 0.261 e. The van der Waals surface area contributed by atoms with E-state index in [1.807, 2.05) is 0 Å². The quantitative estimate of drug-likeness (QED) is 0.211. The molecule has 0 radical (unpaired) electrons. The molecule has 10 nitrogen and oxygen atoms in total. The molecule has 3 aromatic heterocycles. The SMILES string of the molecule is O=S(=O)(Nc1ccc(-c2nc3cc(NS(=O)(=O)c4ccc5ncsc5c4)ccc3o2)cc1)c1ccc2ncsc2c1. The molecule has 0 atom stereocenters. The number of rotatable bonds is 7. The predicted molar refractivity (Wildman–Crippen MR) is 160 cm³/mol. The van der Waals surface area contributed by atoms with Crippen LogP contribution in [0.15, 0.2) is 104 Å². The number of oxazole rings is 1. The Morgan fingerprint density at radius 2 is 1.17 bits per heavy atom. The lowest BCUT2D eigenvalue weighted by Crippen LogP contribution is -2.12. The van der Waals surface area contributed by atoms with E-state index in [2.05, 4.69) is 24.4 Å². The van der Waals surface area contributed by atoms with Gasteiger partial charge in [-0.2, -0.15) is 0 Å². The zero-order valence-corrected chi connectivity index (χ0v) is 23.9. The first-order valence-electron chi connectivity index (χ1n) is 12.0. The lowest BCUT2D eigenvalue weighted by molar-refractivity contribution is 0.599. The Balaban J connectivity index is 1.10. The van der Waals surface area contributed by atoms with E-state index in [1.54, 1.807) is 77.8 Å². The van der Waals surface area contributed by atoms with E-state index in [0.717, 1.165) is 20.4 Å². The topological polar surface area (TPSA) is 144 Å². The molecule has 204 valence electrons. The fraction of sp³-hybridized carbons (Fsp3) is 0. The van der Waals surface area contributed by atoms with Gasteiger partial charge >= 0.3 is 0 Å². The van der Waals surface area contributed by atoms with Crippen LogP contribution >= 0.6 is 22.7 Å². The Morgan fingerprint density at radius 1 is 0.610 bits per heavy atom. The molecule has 7 rings (SSSR count). The van der Waals surface area contributed by atoms with Gasteiger partial charge in [0.15, 0.2) is 5.58 Å². The summed E-state index contributed by atoms with van der Waals surface area (Å²) in [6.07, 6.45) is 0. The Morgan fingerprint density at radius 3 is 1.78 bits per heavy atom. The van der Waals surface area contributed by atoms with E-state index in [9.17, 15) is 16.8 Å². The molecule has 0 fully saturated rings. The van der Waals surface area contributed by atoms with Crippen LogP contribution in [0, 0.1) is 0 Å². The highest BCUT2D eigenvalue weighted by Crippen LogP contribution is 2.30. The number of sulfonamides is 2. The van der Waals surface area contributed by atoms with Gasteiger partial charge in [0.1, 0.15) is 5.52 Å². The number of aromatic nitrogens is 3. The third kappa shape index (κ3) is 4.91. The predicted octanol–water partition coefficient (Wildman–Crippen LogP) is 6.32. The third-order valence-corrected chi connectivity index (χ3v) is 10.6. The van der Waals surface area contributed by atoms with Crippen LogP contribution in [0.25, 0.3) is 43.0 Å². The molecule has 0 saturated carbocycles. The monoisotopic (exact) mass is 619 g/mol. The first-order valence-corrected chi connectivity index (χ1v) is 16.7. The largest absolute Gasteiger partial charge is 0.436 e. The van der Waals surface area contributed by atoms with Crippen molar-refractivity contribution in [2.24, 2.45) is 0 Å². The van der Waals surface area contributed by atoms with Gasteiger partial charge in [-0.25, -0.2) is 31.8 Å². The van der Waals surface area contributed by atoms with Crippen molar-refractivity contribution in [1.82, 2.24) is 15.0 Å². The Bertz CT molecular complexity index is 2310. The zero-order valence-electron chi connectivity index (χ0n) is 20.7. The van der Waals surface area contributed by atoms with Crippen LogP contribution in [-0.2, 0) is 20.0 Å². The first kappa shape index (κ1) is 25.6. The fourth-order valence-electron chi connectivity index (χ4n) is 4.23. The Labute approximate surface area is 241 Å². The molecule has 7 aromatic rings. The maximum atomic E-state index is 13.0. The number of hydrogen-bond acceptors (Lipinski definition) is 10. The van der Waals surface area contributed by atoms with Crippen LogP contribution in [0.1, 0.15) is 0 Å². The average molecular weight is 620 g/mol. The minimum absolute atomic E-state index is 0.134. The molecule has 0 aliphatic carbocycles. The summed E-state index contributed by atoms with van der Waals surface area (Å²) in [7, 11) is -7.63. The molecule has 2 N–H and O–H groups in total. The van der Waals surface area contributed by atoms with E-state index < -0.39 is 20.0 Å². The number of hydrogen-bond donors (Lipinski definition) is 2. The van der Waals surface area contributed by atoms with Crippen LogP contribution in [0.3, 0.4) is 0 Å². The summed E-state index contributed by atoms with van der Waals surface area (Å²) in [5.41, 5.74) is 7.09. The molecule has 0 aliphatic rings. The smallest absolute Gasteiger partial charge is 0.261 e. The lowest BCUT2D eigenvalue weighted by Gasteiger charge is -2.08. The zero-order chi connectivity index (χ0) is 28.2. The van der Waals surface area contributed by atoms with Gasteiger partial charge in [-0.3, -0.25) is 9.44 Å². The molecule has 0 saturated heterocycles. The van der Waals surface area contributed by atoms with Crippen molar-refractivity contribution < 1.29 is 21.3 Å². The highest BCUT2D eigenvalue weighted by atomic mass is 32.2. The summed E-state index contributed by atoms with van der Waals surface area (Å²) in [5, 5.41) is 0. The number of fused-ring (bicyclic) bond motifs is 3. The molecule has 41 heavy (non-hydrogen) atoms. The maximum absolute atomic E-state index is 13.0. The summed E-state index contributed by atoms with van der Waals surface area (Å²) in [6.45, 7) is 0. The van der Waals surface area contributed by atoms with Crippen LogP contribution in [-0.4, -0.2) is 31.8 Å². The van der Waals surface area contributed by atoms with Crippen LogP contribution in [0.2, 0.25) is 0 Å². The Hall–Kier alpha value is -4.37. The summed E-state index contributed by atoms with van der Waals surface area (Å²) < 4.78 is 64.4. The molecule has 3 heterocycles. The summed E-state index contributed by atoms with van der Waals surface area (Å²) in [5.74, 6) is 0.306. The van der Waals surface area contributed by atoms with Crippen molar-refractivity contribution >= 4 is 85.6 Å². The lowest BCUT2D eigenvalue weighted by atomic mass is 10.2. The number of thiazole rings is 2. The van der Waals surface area contributed by atoms with E-state index >= 15 is 0 Å². The van der Waals surface area contributed by atoms with Crippen molar-refractivity contribution in [3.8, 4) is 11.5 Å². The van der Waals surface area contributed by atoms with Crippen LogP contribution in [0.5, 0.6) is 0 Å². The van der Waals surface area contributed by atoms with Gasteiger partial charge in [0.2, 0.25) is 5.89 Å². The standard InChI is InChI=1S/C27H17N5O5S4/c33-40(34,19-6-8-21-25(12-19)38-14-28-21)31-17-3-1-16(2-4-17)27-30-23-11-18(5-10-24(23)37-27)32-41(35,36)20-7-9-22-26(13-20)39-15-29-22/h1-15,31-32H. The van der Waals surface area contributed by atoms with Gasteiger partial charge < -0.3 is 4.42 Å². The molecule has 0 amide bonds. The molecular formula is C27H17N5O5S4. The average Bonchev–Trinajstić information content (AvgIpc) is 3.71. The van der Waals surface area contributed by atoms with Crippen molar-refractivity contribution in [2.45, 2.75) is 9.79 Å². The van der Waals surface area contributed by atoms with Crippen molar-refractivity contribution in [2.75, 3.05) is 9.44 Å². The van der Waals surface area contributed by atoms with Gasteiger partial charge in [0.25, 0.3) is 20.0 Å². The third-order valence-electron chi connectivity index (χ3n) is 6.25. The second-order valence-corrected chi connectivity index (χ2v) is 14.1. The second kappa shape index (κ2) is 9.62. The summed E-state index contributed by atoms with van der Waals surface area (Å²) in [4.78, 5) is 13.1. The highest BCUT2D eigenvalue weighted by Gasteiger charge is 2.18. The minimum Gasteiger partial charge on any atom is -0.436 e. The summed E-state index contributed by atoms with van der Waals surface area (Å²) >= 11 is 2.74. The number of nitrogens with one attached hydrogen (secondary N) is 2. The minimum atomic E-state index is -3.83. The second-order valence-electron chi connectivity index (χ2n) is 8.95. The molecular weight excluding hydrogens is 603 g/mol. The summed E-state index contributed by atoms with van der Waals surface area (Å²) in [6, 6.07) is 21.0. The molecule has 14 heteroatoms. The van der Waals surface area contributed by atoms with Crippen molar-refractivity contribution in [1.29, 1.82) is 0 Å². The normalized spacial score (nSPS) is 12.3. The fourth-order valence-corrected chi connectivity index (χ4v) is 7.97. The number of anilines is 2. The highest BCUT2D eigenvalue weighted by molar-refractivity contribution is 7.93. The number of nitrogens with zero attached hydrogens (tertiary/aromatic N) is 3. The van der Waals surface area contributed by atoms with Gasteiger partial charge in [-0.15, -0.1) is 22.7 Å². The molecule has 0 unspecified atom stereocenters. The Kier molecular flexibility index (Phi) is 6.01. The van der Waals surface area contributed by atoms with Crippen LogP contribution < -0.4 is 9.44 Å². The molecule has 0 bridgehead atoms. The van der Waals surface area contributed by atoms with Gasteiger partial charge in [0, 0.05) is 11.3 Å². The molecule has 4 aromatic carbocycles. The van der Waals surface area contributed by atoms with E-state index in [4.69, 9.17) is 4.42 Å². The van der Waals surface area contributed by atoms with E-state index in [-0.39, 0.29) is 9.79 Å². The van der Waals surface area contributed by atoms with Crippen molar-refractivity contribution in [3.63, 3.8) is 0 Å². The van der Waals surface area contributed by atoms with E-state index in [1.165, 1.54) is 34.8 Å². The van der Waals surface area contributed by atoms with Gasteiger partial charge in [-0.05, 0) is 78.9 Å².